The van der Waals surface area contributed by atoms with E-state index in [0.717, 1.165) is 30.4 Å². The molecule has 18 heavy (non-hydrogen) atoms. The molecule has 1 aromatic rings. The first-order valence-corrected chi connectivity index (χ1v) is 7.57. The van der Waals surface area contributed by atoms with Gasteiger partial charge < -0.3 is 4.90 Å². The first-order valence-electron chi connectivity index (χ1n) is 6.78. The minimum absolute atomic E-state index is 0.340. The number of halogens is 1. The van der Waals surface area contributed by atoms with Gasteiger partial charge in [-0.15, -0.1) is 0 Å². The summed E-state index contributed by atoms with van der Waals surface area (Å²) in [6.07, 6.45) is 6.28. The minimum Gasteiger partial charge on any atom is -0.343 e. The lowest BCUT2D eigenvalue weighted by Gasteiger charge is -2.26. The molecular weight excluding hydrogens is 290 g/mol. The summed E-state index contributed by atoms with van der Waals surface area (Å²) in [6.45, 7) is 1.94. The Hall–Kier alpha value is -0.830. The first kappa shape index (κ1) is 13.6. The molecule has 98 valence electrons. The largest absolute Gasteiger partial charge is 0.343 e. The highest BCUT2D eigenvalue weighted by molar-refractivity contribution is 9.10. The molecule has 0 saturated carbocycles. The maximum Gasteiger partial charge on any atom is 0.222 e. The second kappa shape index (κ2) is 6.93. The lowest BCUT2D eigenvalue weighted by atomic mass is 10.1. The lowest BCUT2D eigenvalue weighted by molar-refractivity contribution is -0.132. The van der Waals surface area contributed by atoms with Crippen molar-refractivity contribution in [2.75, 3.05) is 13.1 Å². The van der Waals surface area contributed by atoms with Crippen molar-refractivity contribution in [2.45, 2.75) is 38.5 Å². The highest BCUT2D eigenvalue weighted by Gasteiger charge is 2.15. The van der Waals surface area contributed by atoms with E-state index in [1.807, 2.05) is 4.90 Å². The third kappa shape index (κ3) is 4.13. The standard InChI is InChI=1S/C15H20BrNO/c16-14-9-7-13(8-10-14)5-4-6-15(18)17-11-2-1-3-12-17/h7-10H,1-6,11-12H2. The number of carbonyl (C=O) groups excluding carboxylic acids is 1. The predicted octanol–water partition coefficient (Wildman–Crippen LogP) is 3.78. The molecular formula is C15H20BrNO. The number of hydrogen-bond acceptors (Lipinski definition) is 1. The Kier molecular flexibility index (Phi) is 5.24. The van der Waals surface area contributed by atoms with Crippen LogP contribution in [0.3, 0.4) is 0 Å². The maximum absolute atomic E-state index is 12.0. The second-order valence-electron chi connectivity index (χ2n) is 4.92. The molecule has 3 heteroatoms. The summed E-state index contributed by atoms with van der Waals surface area (Å²) in [7, 11) is 0. The number of piperidine rings is 1. The van der Waals surface area contributed by atoms with E-state index in [-0.39, 0.29) is 0 Å². The smallest absolute Gasteiger partial charge is 0.222 e. The number of nitrogens with zero attached hydrogens (tertiary/aromatic N) is 1. The molecule has 0 N–H and O–H groups in total. The second-order valence-corrected chi connectivity index (χ2v) is 5.84. The van der Waals surface area contributed by atoms with E-state index in [1.165, 1.54) is 24.8 Å². The zero-order chi connectivity index (χ0) is 12.8. The Bertz CT molecular complexity index is 382. The average Bonchev–Trinajstić information content (AvgIpc) is 2.42. The van der Waals surface area contributed by atoms with E-state index in [0.29, 0.717) is 12.3 Å². The summed E-state index contributed by atoms with van der Waals surface area (Å²) < 4.78 is 1.11. The van der Waals surface area contributed by atoms with E-state index in [1.54, 1.807) is 0 Å². The van der Waals surface area contributed by atoms with Gasteiger partial charge in [0, 0.05) is 24.0 Å². The molecule has 1 fully saturated rings. The molecule has 2 rings (SSSR count). The molecule has 2 nitrogen and oxygen atoms in total. The lowest BCUT2D eigenvalue weighted by Crippen LogP contribution is -2.35. The Morgan fingerprint density at radius 1 is 1.11 bits per heavy atom. The van der Waals surface area contributed by atoms with Crippen molar-refractivity contribution in [2.24, 2.45) is 0 Å². The fourth-order valence-electron chi connectivity index (χ4n) is 2.40. The molecule has 0 aromatic heterocycles. The zero-order valence-corrected chi connectivity index (χ0v) is 12.3. The minimum atomic E-state index is 0.340. The molecule has 1 saturated heterocycles. The number of benzene rings is 1. The SMILES string of the molecule is O=C(CCCc1ccc(Br)cc1)N1CCCCC1. The van der Waals surface area contributed by atoms with Crippen LogP contribution in [0.1, 0.15) is 37.7 Å². The number of rotatable bonds is 4. The van der Waals surface area contributed by atoms with Gasteiger partial charge in [-0.2, -0.15) is 0 Å². The third-order valence-corrected chi connectivity index (χ3v) is 4.01. The Labute approximate surface area is 117 Å². The number of likely N-dealkylation sites (tertiary alicyclic amines) is 1. The topological polar surface area (TPSA) is 20.3 Å². The average molecular weight is 310 g/mol. The first-order chi connectivity index (χ1) is 8.75. The van der Waals surface area contributed by atoms with Crippen LogP contribution in [0.4, 0.5) is 0 Å². The van der Waals surface area contributed by atoms with Gasteiger partial charge in [0.05, 0.1) is 0 Å². The summed E-state index contributed by atoms with van der Waals surface area (Å²) in [5.74, 6) is 0.340. The van der Waals surface area contributed by atoms with Gasteiger partial charge >= 0.3 is 0 Å². The summed E-state index contributed by atoms with van der Waals surface area (Å²) in [5.41, 5.74) is 1.31. The third-order valence-electron chi connectivity index (χ3n) is 3.48. The van der Waals surface area contributed by atoms with Crippen molar-refractivity contribution in [3.63, 3.8) is 0 Å². The van der Waals surface area contributed by atoms with Crippen molar-refractivity contribution in [3.8, 4) is 0 Å². The van der Waals surface area contributed by atoms with E-state index in [9.17, 15) is 4.79 Å². The maximum atomic E-state index is 12.0. The molecule has 1 heterocycles. The Balaban J connectivity index is 1.71. The number of carbonyl (C=O) groups is 1. The van der Waals surface area contributed by atoms with Crippen molar-refractivity contribution < 1.29 is 4.79 Å². The molecule has 0 radical (unpaired) electrons. The normalized spacial score (nSPS) is 15.7. The summed E-state index contributed by atoms with van der Waals surface area (Å²) in [4.78, 5) is 14.0. The fourth-order valence-corrected chi connectivity index (χ4v) is 2.66. The van der Waals surface area contributed by atoms with E-state index < -0.39 is 0 Å². The highest BCUT2D eigenvalue weighted by atomic mass is 79.9. The van der Waals surface area contributed by atoms with Crippen molar-refractivity contribution in [1.82, 2.24) is 4.90 Å². The Morgan fingerprint density at radius 2 is 1.78 bits per heavy atom. The molecule has 0 aliphatic carbocycles. The van der Waals surface area contributed by atoms with Crippen molar-refractivity contribution in [1.29, 1.82) is 0 Å². The summed E-state index contributed by atoms with van der Waals surface area (Å²) in [5, 5.41) is 0. The molecule has 0 spiro atoms. The molecule has 1 amide bonds. The van der Waals surface area contributed by atoms with E-state index in [4.69, 9.17) is 0 Å². The van der Waals surface area contributed by atoms with Crippen molar-refractivity contribution in [3.05, 3.63) is 34.3 Å². The van der Waals surface area contributed by atoms with Crippen LogP contribution in [-0.4, -0.2) is 23.9 Å². The summed E-state index contributed by atoms with van der Waals surface area (Å²) in [6, 6.07) is 8.36. The van der Waals surface area contributed by atoms with Crippen LogP contribution in [0.15, 0.2) is 28.7 Å². The van der Waals surface area contributed by atoms with Crippen molar-refractivity contribution >= 4 is 21.8 Å². The van der Waals surface area contributed by atoms with Gasteiger partial charge in [0.2, 0.25) is 5.91 Å². The molecule has 1 aliphatic rings. The number of amides is 1. The van der Waals surface area contributed by atoms with Gasteiger partial charge in [-0.1, -0.05) is 28.1 Å². The molecule has 1 aromatic carbocycles. The van der Waals surface area contributed by atoms with Crippen LogP contribution in [-0.2, 0) is 11.2 Å². The van der Waals surface area contributed by atoms with Gasteiger partial charge in [-0.25, -0.2) is 0 Å². The van der Waals surface area contributed by atoms with Crippen LogP contribution >= 0.6 is 15.9 Å². The number of hydrogen-bond donors (Lipinski definition) is 0. The van der Waals surface area contributed by atoms with Crippen LogP contribution in [0.2, 0.25) is 0 Å². The fraction of sp³-hybridized carbons (Fsp3) is 0.533. The predicted molar refractivity (Wildman–Crippen MR) is 77.5 cm³/mol. The summed E-state index contributed by atoms with van der Waals surface area (Å²) >= 11 is 3.43. The van der Waals surface area contributed by atoms with Gasteiger partial charge in [-0.3, -0.25) is 4.79 Å². The molecule has 0 atom stereocenters. The van der Waals surface area contributed by atoms with E-state index >= 15 is 0 Å². The quantitative estimate of drug-likeness (QED) is 0.828. The van der Waals surface area contributed by atoms with Crippen LogP contribution in [0, 0.1) is 0 Å². The molecule has 0 bridgehead atoms. The van der Waals surface area contributed by atoms with Gasteiger partial charge in [0.25, 0.3) is 0 Å². The monoisotopic (exact) mass is 309 g/mol. The van der Waals surface area contributed by atoms with Gasteiger partial charge in [0.1, 0.15) is 0 Å². The Morgan fingerprint density at radius 3 is 2.44 bits per heavy atom. The molecule has 0 unspecified atom stereocenters. The highest BCUT2D eigenvalue weighted by Crippen LogP contribution is 2.14. The number of aryl methyl sites for hydroxylation is 1. The van der Waals surface area contributed by atoms with Gasteiger partial charge in [-0.05, 0) is 49.8 Å². The van der Waals surface area contributed by atoms with Crippen LogP contribution in [0.25, 0.3) is 0 Å². The van der Waals surface area contributed by atoms with Crippen LogP contribution < -0.4 is 0 Å². The zero-order valence-electron chi connectivity index (χ0n) is 10.7. The van der Waals surface area contributed by atoms with Crippen LogP contribution in [0.5, 0.6) is 0 Å². The van der Waals surface area contributed by atoms with E-state index in [2.05, 4.69) is 40.2 Å². The molecule has 1 aliphatic heterocycles. The van der Waals surface area contributed by atoms with Gasteiger partial charge in [0.15, 0.2) is 0 Å².